The molecule has 3 aromatic rings. The van der Waals surface area contributed by atoms with Crippen LogP contribution in [0.3, 0.4) is 0 Å². The van der Waals surface area contributed by atoms with Gasteiger partial charge in [-0.25, -0.2) is 9.59 Å². The minimum atomic E-state index is -0.835. The number of amides is 1. The van der Waals surface area contributed by atoms with Crippen LogP contribution in [0.5, 0.6) is 5.75 Å². The molecule has 1 aliphatic rings. The van der Waals surface area contributed by atoms with Gasteiger partial charge in [0.1, 0.15) is 25.0 Å². The van der Waals surface area contributed by atoms with Gasteiger partial charge in [0.2, 0.25) is 0 Å². The van der Waals surface area contributed by atoms with E-state index in [9.17, 15) is 9.59 Å². The van der Waals surface area contributed by atoms with Crippen molar-refractivity contribution in [3.05, 3.63) is 89.5 Å². The number of benzene rings is 3. The van der Waals surface area contributed by atoms with E-state index >= 15 is 0 Å². The zero-order valence-electron chi connectivity index (χ0n) is 21.7. The lowest BCUT2D eigenvalue weighted by Gasteiger charge is -2.23. The highest BCUT2D eigenvalue weighted by molar-refractivity contribution is 8.00. The first-order valence-corrected chi connectivity index (χ1v) is 13.3. The standard InChI is InChI=1S/C30H33NO5S/c1-30(2,3)37-19-27(28(32)35-17-20-13-15-21(34-4)16-14-20)31-29(33)36-18-26-24-11-7-5-9-22(24)23-10-6-8-12-25(23)26/h5-16,26-27H,17-19H2,1-4H3,(H,31,33)/t27-/m1/s1. The molecule has 6 nitrogen and oxygen atoms in total. The van der Waals surface area contributed by atoms with Crippen molar-refractivity contribution in [3.8, 4) is 16.9 Å². The molecule has 0 radical (unpaired) electrons. The molecule has 7 heteroatoms. The first-order valence-electron chi connectivity index (χ1n) is 12.3. The maximum atomic E-state index is 12.9. The van der Waals surface area contributed by atoms with E-state index in [1.165, 1.54) is 0 Å². The molecule has 4 rings (SSSR count). The number of hydrogen-bond acceptors (Lipinski definition) is 6. The number of carbonyl (C=O) groups excluding carboxylic acids is 2. The molecular formula is C30H33NO5S. The number of carbonyl (C=O) groups is 2. The Balaban J connectivity index is 1.39. The second-order valence-corrected chi connectivity index (χ2v) is 11.7. The highest BCUT2D eigenvalue weighted by Gasteiger charge is 2.30. The molecule has 194 valence electrons. The Morgan fingerprint density at radius 3 is 2.05 bits per heavy atom. The van der Waals surface area contributed by atoms with Crippen LogP contribution in [-0.2, 0) is 20.9 Å². The molecule has 37 heavy (non-hydrogen) atoms. The molecule has 0 fully saturated rings. The van der Waals surface area contributed by atoms with E-state index in [-0.39, 0.29) is 23.9 Å². The summed E-state index contributed by atoms with van der Waals surface area (Å²) < 4.78 is 16.3. The molecule has 1 atom stereocenters. The van der Waals surface area contributed by atoms with Gasteiger partial charge in [0, 0.05) is 16.4 Å². The van der Waals surface area contributed by atoms with Gasteiger partial charge in [0.05, 0.1) is 7.11 Å². The smallest absolute Gasteiger partial charge is 0.407 e. The van der Waals surface area contributed by atoms with E-state index in [2.05, 4.69) is 50.4 Å². The summed E-state index contributed by atoms with van der Waals surface area (Å²) >= 11 is 1.58. The van der Waals surface area contributed by atoms with Gasteiger partial charge in [-0.3, -0.25) is 0 Å². The molecule has 0 bridgehead atoms. The number of fused-ring (bicyclic) bond motifs is 3. The van der Waals surface area contributed by atoms with Crippen molar-refractivity contribution in [1.29, 1.82) is 0 Å². The minimum Gasteiger partial charge on any atom is -0.497 e. The molecule has 0 unspecified atom stereocenters. The van der Waals surface area contributed by atoms with E-state index in [1.807, 2.05) is 48.5 Å². The van der Waals surface area contributed by atoms with Gasteiger partial charge in [0.25, 0.3) is 0 Å². The quantitative estimate of drug-likeness (QED) is 0.341. The Kier molecular flexibility index (Phi) is 8.44. The van der Waals surface area contributed by atoms with Crippen LogP contribution in [0.1, 0.15) is 43.4 Å². The molecule has 0 aromatic heterocycles. The van der Waals surface area contributed by atoms with Crippen LogP contribution < -0.4 is 10.1 Å². The van der Waals surface area contributed by atoms with Crippen LogP contribution in [-0.4, -0.2) is 42.3 Å². The molecule has 0 saturated heterocycles. The van der Waals surface area contributed by atoms with Gasteiger partial charge in [-0.1, -0.05) is 81.4 Å². The number of thioether (sulfide) groups is 1. The van der Waals surface area contributed by atoms with E-state index in [4.69, 9.17) is 14.2 Å². The van der Waals surface area contributed by atoms with Crippen LogP contribution >= 0.6 is 11.8 Å². The lowest BCUT2D eigenvalue weighted by Crippen LogP contribution is -2.44. The van der Waals surface area contributed by atoms with Crippen molar-refractivity contribution in [2.24, 2.45) is 0 Å². The van der Waals surface area contributed by atoms with Crippen LogP contribution in [0.25, 0.3) is 11.1 Å². The Labute approximate surface area is 222 Å². The largest absolute Gasteiger partial charge is 0.497 e. The summed E-state index contributed by atoms with van der Waals surface area (Å²) in [5.41, 5.74) is 5.42. The van der Waals surface area contributed by atoms with E-state index < -0.39 is 18.1 Å². The fraction of sp³-hybridized carbons (Fsp3) is 0.333. The van der Waals surface area contributed by atoms with Crippen LogP contribution in [0.4, 0.5) is 4.79 Å². The van der Waals surface area contributed by atoms with Crippen molar-refractivity contribution in [3.63, 3.8) is 0 Å². The van der Waals surface area contributed by atoms with Gasteiger partial charge in [-0.05, 0) is 39.9 Å². The lowest BCUT2D eigenvalue weighted by molar-refractivity contribution is -0.146. The summed E-state index contributed by atoms with van der Waals surface area (Å²) in [5, 5.41) is 2.74. The number of alkyl carbamates (subject to hydrolysis) is 1. The fourth-order valence-electron chi connectivity index (χ4n) is 4.26. The Bertz CT molecular complexity index is 1190. The van der Waals surface area contributed by atoms with Crippen LogP contribution in [0.15, 0.2) is 72.8 Å². The van der Waals surface area contributed by atoms with Gasteiger partial charge < -0.3 is 19.5 Å². The summed E-state index contributed by atoms with van der Waals surface area (Å²) in [6.07, 6.45) is -0.636. The Morgan fingerprint density at radius 1 is 0.892 bits per heavy atom. The molecule has 0 heterocycles. The average Bonchev–Trinajstić information content (AvgIpc) is 3.22. The molecule has 1 N–H and O–H groups in total. The van der Waals surface area contributed by atoms with Gasteiger partial charge >= 0.3 is 12.1 Å². The number of methoxy groups -OCH3 is 1. The average molecular weight is 520 g/mol. The maximum Gasteiger partial charge on any atom is 0.407 e. The van der Waals surface area contributed by atoms with Crippen molar-refractivity contribution < 1.29 is 23.8 Å². The number of rotatable bonds is 9. The topological polar surface area (TPSA) is 73.9 Å². The monoisotopic (exact) mass is 519 g/mol. The zero-order chi connectivity index (χ0) is 26.4. The minimum absolute atomic E-state index is 0.0532. The van der Waals surface area contributed by atoms with E-state index in [0.29, 0.717) is 5.75 Å². The number of esters is 1. The number of nitrogens with one attached hydrogen (secondary N) is 1. The van der Waals surface area contributed by atoms with Gasteiger partial charge in [-0.15, -0.1) is 0 Å². The second kappa shape index (κ2) is 11.7. The van der Waals surface area contributed by atoms with Crippen molar-refractivity contribution in [2.45, 2.75) is 44.1 Å². The predicted molar refractivity (Wildman–Crippen MR) is 147 cm³/mol. The number of ether oxygens (including phenoxy) is 3. The maximum absolute atomic E-state index is 12.9. The Morgan fingerprint density at radius 2 is 1.49 bits per heavy atom. The molecular weight excluding hydrogens is 486 g/mol. The molecule has 1 amide bonds. The van der Waals surface area contributed by atoms with Crippen molar-refractivity contribution >= 4 is 23.8 Å². The molecule has 0 spiro atoms. The molecule has 0 aliphatic heterocycles. The fourth-order valence-corrected chi connectivity index (χ4v) is 5.15. The first kappa shape index (κ1) is 26.6. The molecule has 3 aromatic carbocycles. The highest BCUT2D eigenvalue weighted by Crippen LogP contribution is 2.44. The van der Waals surface area contributed by atoms with Crippen LogP contribution in [0.2, 0.25) is 0 Å². The summed E-state index contributed by atoms with van der Waals surface area (Å²) in [7, 11) is 1.60. The second-order valence-electron chi connectivity index (χ2n) is 9.90. The Hall–Kier alpha value is -3.45. The van der Waals surface area contributed by atoms with Crippen molar-refractivity contribution in [2.75, 3.05) is 19.5 Å². The summed E-state index contributed by atoms with van der Waals surface area (Å²) in [6.45, 7) is 6.46. The predicted octanol–water partition coefficient (Wildman–Crippen LogP) is 6.18. The summed E-state index contributed by atoms with van der Waals surface area (Å²) in [4.78, 5) is 25.8. The highest BCUT2D eigenvalue weighted by atomic mass is 32.2. The van der Waals surface area contributed by atoms with Gasteiger partial charge in [0.15, 0.2) is 0 Å². The molecule has 0 saturated carbocycles. The third-order valence-electron chi connectivity index (χ3n) is 6.14. The number of hydrogen-bond donors (Lipinski definition) is 1. The van der Waals surface area contributed by atoms with Gasteiger partial charge in [-0.2, -0.15) is 11.8 Å². The SMILES string of the molecule is COc1ccc(COC(=O)[C@@H](CSC(C)(C)C)NC(=O)OCC2c3ccccc3-c3ccccc32)cc1. The third-order valence-corrected chi connectivity index (χ3v) is 7.51. The van der Waals surface area contributed by atoms with E-state index in [1.54, 1.807) is 18.9 Å². The van der Waals surface area contributed by atoms with Crippen molar-refractivity contribution in [1.82, 2.24) is 5.32 Å². The lowest BCUT2D eigenvalue weighted by atomic mass is 9.98. The van der Waals surface area contributed by atoms with Crippen LogP contribution in [0, 0.1) is 0 Å². The summed E-state index contributed by atoms with van der Waals surface area (Å²) in [5.74, 6) is 0.546. The first-order chi connectivity index (χ1) is 17.7. The third kappa shape index (κ3) is 6.86. The summed E-state index contributed by atoms with van der Waals surface area (Å²) in [6, 6.07) is 22.8. The zero-order valence-corrected chi connectivity index (χ0v) is 22.5. The molecule has 1 aliphatic carbocycles. The normalized spacial score (nSPS) is 13.3. The van der Waals surface area contributed by atoms with E-state index in [0.717, 1.165) is 33.6 Å².